The standard InChI is InChI=1S/C55H33NS/c1-2-15-37-36(14-1)38-16-3-8-21-45(38)55(46-22-9-4-17-39(37)46)47-23-10-5-20-42(47)54-48(55)24-13-26-51(54)56-49-25-11-6-18-40(49)43-32-34(28-30-50(43)56)35-29-31-53-44(33-35)41-19-7-12-27-52(41)57-53/h1-33H. The van der Waals surface area contributed by atoms with E-state index in [9.17, 15) is 0 Å². The largest absolute Gasteiger partial charge is 0.309 e. The van der Waals surface area contributed by atoms with E-state index in [0.29, 0.717) is 0 Å². The van der Waals surface area contributed by atoms with Crippen molar-refractivity contribution in [3.8, 4) is 50.2 Å². The lowest BCUT2D eigenvalue weighted by Crippen LogP contribution is -2.29. The van der Waals surface area contributed by atoms with E-state index in [0.717, 1.165) is 0 Å². The molecule has 13 rings (SSSR count). The molecule has 0 fully saturated rings. The monoisotopic (exact) mass is 739 g/mol. The molecule has 0 saturated heterocycles. The van der Waals surface area contributed by atoms with E-state index in [1.807, 2.05) is 11.3 Å². The highest BCUT2D eigenvalue weighted by atomic mass is 32.1. The van der Waals surface area contributed by atoms with Crippen LogP contribution >= 0.6 is 11.3 Å². The highest BCUT2D eigenvalue weighted by molar-refractivity contribution is 7.25. The van der Waals surface area contributed by atoms with Gasteiger partial charge in [0.2, 0.25) is 0 Å². The van der Waals surface area contributed by atoms with Gasteiger partial charge in [0.1, 0.15) is 0 Å². The fraction of sp³-hybridized carbons (Fsp3) is 0.0182. The fourth-order valence-corrected chi connectivity index (χ4v) is 11.7. The van der Waals surface area contributed by atoms with Crippen molar-refractivity contribution in [2.45, 2.75) is 5.41 Å². The van der Waals surface area contributed by atoms with Gasteiger partial charge in [-0.3, -0.25) is 0 Å². The van der Waals surface area contributed by atoms with Gasteiger partial charge in [-0.15, -0.1) is 11.3 Å². The molecule has 57 heavy (non-hydrogen) atoms. The van der Waals surface area contributed by atoms with E-state index in [-0.39, 0.29) is 0 Å². The first-order chi connectivity index (χ1) is 28.3. The molecule has 9 aromatic carbocycles. The summed E-state index contributed by atoms with van der Waals surface area (Å²) in [6, 6.07) is 75.2. The van der Waals surface area contributed by atoms with E-state index in [2.05, 4.69) is 205 Å². The summed E-state index contributed by atoms with van der Waals surface area (Å²) in [7, 11) is 0. The molecular formula is C55H33NS. The van der Waals surface area contributed by atoms with Gasteiger partial charge in [-0.2, -0.15) is 0 Å². The van der Waals surface area contributed by atoms with Crippen LogP contribution in [-0.4, -0.2) is 4.57 Å². The SMILES string of the molecule is c1ccc2c(c1)-c1ccccc1C1(c3ccccc3-2)c2ccccc2-c2c(-n3c4ccccc4c4cc(-c5ccc6sc7ccccc7c6c5)ccc43)cccc21. The molecule has 2 aromatic heterocycles. The van der Waals surface area contributed by atoms with Crippen LogP contribution in [0.25, 0.3) is 92.2 Å². The predicted molar refractivity (Wildman–Crippen MR) is 241 cm³/mol. The summed E-state index contributed by atoms with van der Waals surface area (Å²) in [4.78, 5) is 0. The van der Waals surface area contributed by atoms with E-state index in [1.165, 1.54) is 114 Å². The Morgan fingerprint density at radius 2 is 0.842 bits per heavy atom. The van der Waals surface area contributed by atoms with Crippen LogP contribution in [-0.2, 0) is 5.41 Å². The zero-order chi connectivity index (χ0) is 37.2. The number of rotatable bonds is 2. The Morgan fingerprint density at radius 3 is 1.58 bits per heavy atom. The molecule has 2 aliphatic rings. The van der Waals surface area contributed by atoms with E-state index < -0.39 is 5.41 Å². The first-order valence-corrected chi connectivity index (χ1v) is 20.6. The van der Waals surface area contributed by atoms with Crippen LogP contribution in [0.2, 0.25) is 0 Å². The zero-order valence-corrected chi connectivity index (χ0v) is 31.7. The predicted octanol–water partition coefficient (Wildman–Crippen LogP) is 14.8. The van der Waals surface area contributed by atoms with Crippen molar-refractivity contribution in [1.29, 1.82) is 0 Å². The van der Waals surface area contributed by atoms with Crippen molar-refractivity contribution in [1.82, 2.24) is 4.57 Å². The van der Waals surface area contributed by atoms with Gasteiger partial charge in [-0.05, 0) is 104 Å². The second-order valence-electron chi connectivity index (χ2n) is 15.5. The molecule has 2 heterocycles. The van der Waals surface area contributed by atoms with Crippen LogP contribution in [0.4, 0.5) is 0 Å². The van der Waals surface area contributed by atoms with Crippen LogP contribution in [0.5, 0.6) is 0 Å². The molecule has 0 radical (unpaired) electrons. The molecule has 0 bridgehead atoms. The van der Waals surface area contributed by atoms with Crippen LogP contribution in [0, 0.1) is 0 Å². The van der Waals surface area contributed by atoms with Crippen LogP contribution < -0.4 is 0 Å². The van der Waals surface area contributed by atoms with Gasteiger partial charge >= 0.3 is 0 Å². The summed E-state index contributed by atoms with van der Waals surface area (Å²) < 4.78 is 5.20. The minimum absolute atomic E-state index is 0.523. The summed E-state index contributed by atoms with van der Waals surface area (Å²) in [5, 5.41) is 5.18. The molecule has 1 spiro atoms. The van der Waals surface area contributed by atoms with Crippen molar-refractivity contribution in [2.24, 2.45) is 0 Å². The van der Waals surface area contributed by atoms with Gasteiger partial charge in [0.25, 0.3) is 0 Å². The second-order valence-corrected chi connectivity index (χ2v) is 16.6. The number of benzene rings is 9. The molecule has 0 aliphatic heterocycles. The minimum Gasteiger partial charge on any atom is -0.309 e. The number of thiophene rings is 1. The number of hydrogen-bond donors (Lipinski definition) is 0. The average molecular weight is 740 g/mol. The Hall–Kier alpha value is -7.00. The van der Waals surface area contributed by atoms with Gasteiger partial charge < -0.3 is 4.57 Å². The number of hydrogen-bond acceptors (Lipinski definition) is 1. The Balaban J connectivity index is 1.10. The lowest BCUT2D eigenvalue weighted by atomic mass is 9.66. The molecule has 0 amide bonds. The lowest BCUT2D eigenvalue weighted by Gasteiger charge is -2.35. The van der Waals surface area contributed by atoms with Gasteiger partial charge in [-0.25, -0.2) is 0 Å². The minimum atomic E-state index is -0.523. The zero-order valence-electron chi connectivity index (χ0n) is 30.9. The summed E-state index contributed by atoms with van der Waals surface area (Å²) >= 11 is 1.87. The number of aromatic nitrogens is 1. The number of nitrogens with zero attached hydrogens (tertiary/aromatic N) is 1. The fourth-order valence-electron chi connectivity index (χ4n) is 10.6. The maximum atomic E-state index is 2.53. The summed E-state index contributed by atoms with van der Waals surface area (Å²) in [6.45, 7) is 0. The topological polar surface area (TPSA) is 4.93 Å². The van der Waals surface area contributed by atoms with Crippen molar-refractivity contribution in [3.63, 3.8) is 0 Å². The third-order valence-corrected chi connectivity index (χ3v) is 14.0. The Morgan fingerprint density at radius 1 is 0.333 bits per heavy atom. The van der Waals surface area contributed by atoms with Crippen molar-refractivity contribution in [2.75, 3.05) is 0 Å². The van der Waals surface area contributed by atoms with Gasteiger partial charge in [-0.1, -0.05) is 158 Å². The first-order valence-electron chi connectivity index (χ1n) is 19.8. The summed E-state index contributed by atoms with van der Waals surface area (Å²) in [5.41, 5.74) is 18.6. The maximum Gasteiger partial charge on any atom is 0.0726 e. The molecule has 2 aliphatic carbocycles. The maximum absolute atomic E-state index is 2.53. The molecule has 0 unspecified atom stereocenters. The lowest BCUT2D eigenvalue weighted by molar-refractivity contribution is 0.775. The molecule has 0 atom stereocenters. The van der Waals surface area contributed by atoms with E-state index in [4.69, 9.17) is 0 Å². The molecule has 2 heteroatoms. The molecule has 11 aromatic rings. The van der Waals surface area contributed by atoms with Gasteiger partial charge in [0.05, 0.1) is 22.1 Å². The Labute approximate surface area is 334 Å². The third kappa shape index (κ3) is 4.07. The molecule has 1 nitrogen and oxygen atoms in total. The second kappa shape index (κ2) is 11.5. The molecule has 0 saturated carbocycles. The van der Waals surface area contributed by atoms with Crippen molar-refractivity contribution < 1.29 is 0 Å². The highest BCUT2D eigenvalue weighted by Crippen LogP contribution is 2.62. The number of para-hydroxylation sites is 1. The van der Waals surface area contributed by atoms with E-state index in [1.54, 1.807) is 0 Å². The van der Waals surface area contributed by atoms with Gasteiger partial charge in [0.15, 0.2) is 0 Å². The van der Waals surface area contributed by atoms with Crippen molar-refractivity contribution in [3.05, 3.63) is 222 Å². The Bertz CT molecular complexity index is 3420. The molecule has 264 valence electrons. The van der Waals surface area contributed by atoms with Crippen LogP contribution in [0.1, 0.15) is 22.3 Å². The van der Waals surface area contributed by atoms with E-state index >= 15 is 0 Å². The quantitative estimate of drug-likeness (QED) is 0.166. The molecule has 0 N–H and O–H groups in total. The summed E-state index contributed by atoms with van der Waals surface area (Å²) in [5.74, 6) is 0. The average Bonchev–Trinajstić information content (AvgIpc) is 3.90. The smallest absolute Gasteiger partial charge is 0.0726 e. The highest BCUT2D eigenvalue weighted by Gasteiger charge is 2.50. The van der Waals surface area contributed by atoms with Gasteiger partial charge in [0, 0.05) is 36.5 Å². The van der Waals surface area contributed by atoms with Crippen molar-refractivity contribution >= 4 is 53.3 Å². The summed E-state index contributed by atoms with van der Waals surface area (Å²) in [6.07, 6.45) is 0. The molecular weight excluding hydrogens is 707 g/mol. The normalized spacial score (nSPS) is 13.4. The Kier molecular flexibility index (Phi) is 6.31. The first kappa shape index (κ1) is 31.2. The van der Waals surface area contributed by atoms with Crippen LogP contribution in [0.3, 0.4) is 0 Å². The van der Waals surface area contributed by atoms with Crippen LogP contribution in [0.15, 0.2) is 200 Å². The third-order valence-electron chi connectivity index (χ3n) is 12.8. The number of fused-ring (bicyclic) bond motifs is 18.